The Hall–Kier alpha value is -2.36. The number of nitrogens with zero attached hydrogens (tertiary/aromatic N) is 1. The van der Waals surface area contributed by atoms with Crippen molar-refractivity contribution in [2.45, 2.75) is 44.9 Å². The van der Waals surface area contributed by atoms with Crippen LogP contribution in [0.25, 0.3) is 0 Å². The molecule has 4 aliphatic carbocycles. The first-order valence-electron chi connectivity index (χ1n) is 10.6. The summed E-state index contributed by atoms with van der Waals surface area (Å²) in [5.74, 6) is 5.43. The third kappa shape index (κ3) is 3.30. The molecule has 0 N–H and O–H groups in total. The van der Waals surface area contributed by atoms with Crippen molar-refractivity contribution in [1.82, 2.24) is 4.98 Å². The summed E-state index contributed by atoms with van der Waals surface area (Å²) in [7, 11) is 0. The SMILES string of the molecule is CCOC(=O)c1ccc(Oc2ccc(C3C4CC5CC(C4)CC3C5)cc2)nc1. The van der Waals surface area contributed by atoms with Gasteiger partial charge in [0.2, 0.25) is 5.88 Å². The van der Waals surface area contributed by atoms with E-state index in [1.807, 2.05) is 0 Å². The molecule has 1 aromatic heterocycles. The second-order valence-corrected chi connectivity index (χ2v) is 8.73. The highest BCUT2D eigenvalue weighted by Gasteiger charge is 2.48. The lowest BCUT2D eigenvalue weighted by Crippen LogP contribution is -2.43. The van der Waals surface area contributed by atoms with Crippen LogP contribution in [0, 0.1) is 23.7 Å². The summed E-state index contributed by atoms with van der Waals surface area (Å²) >= 11 is 0. The summed E-state index contributed by atoms with van der Waals surface area (Å²) in [5, 5.41) is 0. The number of carbonyl (C=O) groups excluding carboxylic acids is 1. The molecule has 1 aromatic carbocycles. The van der Waals surface area contributed by atoms with Crippen LogP contribution in [0.1, 0.15) is 60.9 Å². The molecule has 0 amide bonds. The van der Waals surface area contributed by atoms with Gasteiger partial charge in [-0.3, -0.25) is 0 Å². The second kappa shape index (κ2) is 7.23. The van der Waals surface area contributed by atoms with E-state index in [0.29, 0.717) is 18.1 Å². The minimum absolute atomic E-state index is 0.355. The lowest BCUT2D eigenvalue weighted by Gasteiger charge is -2.54. The molecule has 0 atom stereocenters. The molecule has 4 saturated carbocycles. The van der Waals surface area contributed by atoms with E-state index < -0.39 is 0 Å². The van der Waals surface area contributed by atoms with Gasteiger partial charge in [0.15, 0.2) is 0 Å². The molecule has 0 saturated heterocycles. The molecular weight excluding hydrogens is 350 g/mol. The van der Waals surface area contributed by atoms with Gasteiger partial charge in [-0.2, -0.15) is 0 Å². The zero-order chi connectivity index (χ0) is 19.1. The van der Waals surface area contributed by atoms with Gasteiger partial charge in [-0.15, -0.1) is 0 Å². The van der Waals surface area contributed by atoms with Crippen molar-refractivity contribution >= 4 is 5.97 Å². The fourth-order valence-corrected chi connectivity index (χ4v) is 6.12. The molecule has 4 bridgehead atoms. The first-order chi connectivity index (χ1) is 13.7. The number of hydrogen-bond acceptors (Lipinski definition) is 4. The van der Waals surface area contributed by atoms with E-state index in [0.717, 1.165) is 35.3 Å². The Morgan fingerprint density at radius 3 is 2.21 bits per heavy atom. The molecule has 2 aromatic rings. The number of rotatable bonds is 5. The van der Waals surface area contributed by atoms with Crippen molar-refractivity contribution in [3.8, 4) is 11.6 Å². The van der Waals surface area contributed by atoms with Crippen molar-refractivity contribution in [3.63, 3.8) is 0 Å². The van der Waals surface area contributed by atoms with Crippen molar-refractivity contribution in [3.05, 3.63) is 53.7 Å². The minimum atomic E-state index is -0.360. The molecule has 28 heavy (non-hydrogen) atoms. The molecule has 0 aliphatic heterocycles. The zero-order valence-electron chi connectivity index (χ0n) is 16.3. The normalized spacial score (nSPS) is 30.2. The standard InChI is InChI=1S/C24H27NO3/c1-2-27-24(26)18-5-8-22(25-14-18)28-21-6-3-17(4-7-21)23-19-10-15-9-16(12-19)13-20(23)11-15/h3-8,14-16,19-20,23H,2,9-13H2,1H3. The van der Waals surface area contributed by atoms with Gasteiger partial charge in [0.25, 0.3) is 0 Å². The van der Waals surface area contributed by atoms with Gasteiger partial charge < -0.3 is 9.47 Å². The van der Waals surface area contributed by atoms with Crippen molar-refractivity contribution in [2.75, 3.05) is 6.61 Å². The molecule has 6 rings (SSSR count). The third-order valence-corrected chi connectivity index (χ3v) is 6.96. The average Bonchev–Trinajstić information content (AvgIpc) is 2.69. The Balaban J connectivity index is 1.26. The van der Waals surface area contributed by atoms with Crippen LogP contribution in [-0.2, 0) is 4.74 Å². The molecule has 0 radical (unpaired) electrons. The number of esters is 1. The topological polar surface area (TPSA) is 48.4 Å². The summed E-state index contributed by atoms with van der Waals surface area (Å²) < 4.78 is 10.8. The molecule has 4 aliphatic rings. The van der Waals surface area contributed by atoms with Crippen LogP contribution >= 0.6 is 0 Å². The lowest BCUT2D eigenvalue weighted by molar-refractivity contribution is -0.00279. The summed E-state index contributed by atoms with van der Waals surface area (Å²) in [5.41, 5.74) is 1.92. The Kier molecular flexibility index (Phi) is 4.58. The van der Waals surface area contributed by atoms with E-state index in [-0.39, 0.29) is 5.97 Å². The van der Waals surface area contributed by atoms with Crippen molar-refractivity contribution in [1.29, 1.82) is 0 Å². The molecular formula is C24H27NO3. The Morgan fingerprint density at radius 2 is 1.64 bits per heavy atom. The Labute approximate surface area is 166 Å². The molecule has 4 heteroatoms. The van der Waals surface area contributed by atoms with Gasteiger partial charge in [0, 0.05) is 12.3 Å². The van der Waals surface area contributed by atoms with Gasteiger partial charge in [-0.1, -0.05) is 12.1 Å². The van der Waals surface area contributed by atoms with Crippen LogP contribution in [0.2, 0.25) is 0 Å². The third-order valence-electron chi connectivity index (χ3n) is 6.96. The molecule has 0 spiro atoms. The highest BCUT2D eigenvalue weighted by molar-refractivity contribution is 5.89. The van der Waals surface area contributed by atoms with Crippen LogP contribution in [0.5, 0.6) is 11.6 Å². The van der Waals surface area contributed by atoms with Gasteiger partial charge in [0.1, 0.15) is 5.75 Å². The highest BCUT2D eigenvalue weighted by Crippen LogP contribution is 2.59. The number of ether oxygens (including phenoxy) is 2. The van der Waals surface area contributed by atoms with Gasteiger partial charge in [-0.05, 0) is 92.4 Å². The van der Waals surface area contributed by atoms with E-state index in [1.165, 1.54) is 43.9 Å². The number of pyridine rings is 1. The van der Waals surface area contributed by atoms with Crippen LogP contribution < -0.4 is 4.74 Å². The quantitative estimate of drug-likeness (QED) is 0.637. The first kappa shape index (κ1) is 17.7. The maximum Gasteiger partial charge on any atom is 0.339 e. The van der Waals surface area contributed by atoms with E-state index in [4.69, 9.17) is 9.47 Å². The predicted molar refractivity (Wildman–Crippen MR) is 106 cm³/mol. The van der Waals surface area contributed by atoms with Crippen molar-refractivity contribution < 1.29 is 14.3 Å². The number of aromatic nitrogens is 1. The Bertz CT molecular complexity index is 815. The largest absolute Gasteiger partial charge is 0.462 e. The molecule has 146 valence electrons. The van der Waals surface area contributed by atoms with Crippen LogP contribution in [0.15, 0.2) is 42.6 Å². The molecule has 0 unspecified atom stereocenters. The number of hydrogen-bond donors (Lipinski definition) is 0. The van der Waals surface area contributed by atoms with Crippen LogP contribution in [-0.4, -0.2) is 17.6 Å². The second-order valence-electron chi connectivity index (χ2n) is 8.73. The van der Waals surface area contributed by atoms with E-state index >= 15 is 0 Å². The van der Waals surface area contributed by atoms with Gasteiger partial charge in [-0.25, -0.2) is 9.78 Å². The van der Waals surface area contributed by atoms with E-state index in [9.17, 15) is 4.79 Å². The fourth-order valence-electron chi connectivity index (χ4n) is 6.12. The van der Waals surface area contributed by atoms with E-state index in [1.54, 1.807) is 19.1 Å². The number of carbonyl (C=O) groups is 1. The maximum atomic E-state index is 11.7. The summed E-state index contributed by atoms with van der Waals surface area (Å²) in [4.78, 5) is 15.9. The fraction of sp³-hybridized carbons (Fsp3) is 0.500. The minimum Gasteiger partial charge on any atom is -0.462 e. The first-order valence-corrected chi connectivity index (χ1v) is 10.6. The van der Waals surface area contributed by atoms with Crippen molar-refractivity contribution in [2.24, 2.45) is 23.7 Å². The monoisotopic (exact) mass is 377 g/mol. The highest BCUT2D eigenvalue weighted by atomic mass is 16.5. The Morgan fingerprint density at radius 1 is 0.964 bits per heavy atom. The summed E-state index contributed by atoms with van der Waals surface area (Å²) in [6, 6.07) is 12.0. The maximum absolute atomic E-state index is 11.7. The average molecular weight is 377 g/mol. The molecule has 4 nitrogen and oxygen atoms in total. The lowest BCUT2D eigenvalue weighted by atomic mass is 9.51. The summed E-state index contributed by atoms with van der Waals surface area (Å²) in [6.07, 6.45) is 8.74. The molecule has 1 heterocycles. The smallest absolute Gasteiger partial charge is 0.339 e. The van der Waals surface area contributed by atoms with Crippen LogP contribution in [0.3, 0.4) is 0 Å². The summed E-state index contributed by atoms with van der Waals surface area (Å²) in [6.45, 7) is 2.14. The van der Waals surface area contributed by atoms with Gasteiger partial charge >= 0.3 is 5.97 Å². The zero-order valence-corrected chi connectivity index (χ0v) is 16.3. The van der Waals surface area contributed by atoms with Crippen LogP contribution in [0.4, 0.5) is 0 Å². The molecule has 4 fully saturated rings. The van der Waals surface area contributed by atoms with Gasteiger partial charge in [0.05, 0.1) is 12.2 Å². The van der Waals surface area contributed by atoms with E-state index in [2.05, 4.69) is 29.2 Å². The predicted octanol–water partition coefficient (Wildman–Crippen LogP) is 5.59. The number of benzene rings is 1.